The minimum atomic E-state index is -0.645. The molecule has 0 saturated carbocycles. The summed E-state index contributed by atoms with van der Waals surface area (Å²) < 4.78 is 11.6. The van der Waals surface area contributed by atoms with E-state index in [1.54, 1.807) is 0 Å². The lowest BCUT2D eigenvalue weighted by Crippen LogP contribution is -2.10. The van der Waals surface area contributed by atoms with Crippen LogP contribution in [0.5, 0.6) is 0 Å². The third-order valence-corrected chi connectivity index (χ3v) is 8.05. The smallest absolute Gasteiger partial charge is 0.340 e. The Bertz CT molecular complexity index is 1180. The zero-order chi connectivity index (χ0) is 26.8. The van der Waals surface area contributed by atoms with E-state index in [0.29, 0.717) is 11.5 Å². The Hall–Kier alpha value is -1.72. The minimum Gasteiger partial charge on any atom is -0.462 e. The lowest BCUT2D eigenvalue weighted by atomic mass is 10.1. The van der Waals surface area contributed by atoms with Gasteiger partial charge in [-0.1, -0.05) is 141 Å². The number of aryl methyl sites for hydroxylation is 1. The quantitative estimate of drug-likeness (QED) is 0.0818. The van der Waals surface area contributed by atoms with Crippen molar-refractivity contribution in [1.82, 2.24) is 4.98 Å². The minimum absolute atomic E-state index is 0.00555. The fourth-order valence-corrected chi connectivity index (χ4v) is 5.22. The molecule has 0 saturated heterocycles. The van der Waals surface area contributed by atoms with Crippen LogP contribution in [0.15, 0.2) is 34.7 Å². The molecule has 0 N–H and O–H groups in total. The second kappa shape index (κ2) is 15.0. The van der Waals surface area contributed by atoms with Crippen molar-refractivity contribution < 1.29 is 13.9 Å². The Kier molecular flexibility index (Phi) is 12.1. The number of carbonyl (C=O) groups is 1. The van der Waals surface area contributed by atoms with E-state index >= 15 is 0 Å². The molecule has 8 heteroatoms. The summed E-state index contributed by atoms with van der Waals surface area (Å²) in [6, 6.07) is 9.52. The van der Waals surface area contributed by atoms with Crippen LogP contribution in [-0.4, -0.2) is 17.6 Å². The van der Waals surface area contributed by atoms with Gasteiger partial charge in [0, 0.05) is 5.56 Å². The molecule has 0 unspecified atom stereocenters. The molecular weight excluding hydrogens is 552 g/mol. The number of hydrogen-bond acceptors (Lipinski definition) is 4. The molecule has 3 rings (SSSR count). The molecule has 3 aromatic rings. The molecule has 0 spiro atoms. The van der Waals surface area contributed by atoms with Crippen LogP contribution in [-0.2, 0) is 4.74 Å². The van der Waals surface area contributed by atoms with Crippen LogP contribution in [0.2, 0.25) is 20.1 Å². The van der Waals surface area contributed by atoms with Crippen molar-refractivity contribution in [2.75, 3.05) is 6.61 Å². The van der Waals surface area contributed by atoms with E-state index in [9.17, 15) is 4.79 Å². The van der Waals surface area contributed by atoms with Crippen LogP contribution in [0.4, 0.5) is 0 Å². The number of nitrogens with zero attached hydrogens (tertiary/aromatic N) is 1. The monoisotopic (exact) mass is 583 g/mol. The molecule has 1 heterocycles. The summed E-state index contributed by atoms with van der Waals surface area (Å²) in [7, 11) is 0. The number of unbranched alkanes of at least 4 members (excludes halogenated alkanes) is 9. The van der Waals surface area contributed by atoms with Gasteiger partial charge in [0.2, 0.25) is 5.89 Å². The van der Waals surface area contributed by atoms with Crippen LogP contribution in [0, 0.1) is 6.92 Å². The maximum absolute atomic E-state index is 13.2. The standard InChI is InChI=1S/C29H33Cl4NO3/c1-3-4-5-6-7-8-9-10-11-15-18-36-29(35)22-21(23(30)25(32)26(33)24(22)31)28-34-19(2)27(37-28)20-16-13-12-14-17-20/h12-14,16-17H,3-11,15,18H2,1-2H3. The largest absolute Gasteiger partial charge is 0.462 e. The highest BCUT2D eigenvalue weighted by Gasteiger charge is 2.30. The number of oxazole rings is 1. The highest BCUT2D eigenvalue weighted by atomic mass is 35.5. The molecule has 0 radical (unpaired) electrons. The Morgan fingerprint density at radius 2 is 1.38 bits per heavy atom. The first kappa shape index (κ1) is 29.8. The molecule has 0 aliphatic rings. The SMILES string of the molecule is CCCCCCCCCCCCOC(=O)c1c(Cl)c(Cl)c(Cl)c(Cl)c1-c1nc(C)c(-c2ccccc2)o1. The highest BCUT2D eigenvalue weighted by Crippen LogP contribution is 2.46. The van der Waals surface area contributed by atoms with Gasteiger partial charge in [0.25, 0.3) is 0 Å². The lowest BCUT2D eigenvalue weighted by molar-refractivity contribution is 0.0498. The molecule has 0 amide bonds. The number of carbonyl (C=O) groups excluding carboxylic acids is 1. The molecule has 0 aliphatic carbocycles. The van der Waals surface area contributed by atoms with Crippen molar-refractivity contribution in [2.24, 2.45) is 0 Å². The molecular formula is C29H33Cl4NO3. The van der Waals surface area contributed by atoms with Crippen molar-refractivity contribution in [2.45, 2.75) is 78.1 Å². The van der Waals surface area contributed by atoms with Crippen LogP contribution >= 0.6 is 46.4 Å². The van der Waals surface area contributed by atoms with E-state index in [0.717, 1.165) is 24.8 Å². The molecule has 0 fully saturated rings. The van der Waals surface area contributed by atoms with Gasteiger partial charge in [-0.2, -0.15) is 0 Å². The van der Waals surface area contributed by atoms with Gasteiger partial charge in [0.05, 0.1) is 43.5 Å². The van der Waals surface area contributed by atoms with E-state index in [2.05, 4.69) is 11.9 Å². The molecule has 4 nitrogen and oxygen atoms in total. The lowest BCUT2D eigenvalue weighted by Gasteiger charge is -2.14. The van der Waals surface area contributed by atoms with Gasteiger partial charge in [0.1, 0.15) is 0 Å². The first-order chi connectivity index (χ1) is 17.9. The maximum Gasteiger partial charge on any atom is 0.340 e. The molecule has 200 valence electrons. The number of aromatic nitrogens is 1. The third kappa shape index (κ3) is 7.89. The fourth-order valence-electron chi connectivity index (χ4n) is 4.21. The van der Waals surface area contributed by atoms with Crippen LogP contribution in [0.25, 0.3) is 22.8 Å². The van der Waals surface area contributed by atoms with Crippen LogP contribution in [0.1, 0.15) is 87.2 Å². The summed E-state index contributed by atoms with van der Waals surface area (Å²) in [4.78, 5) is 17.7. The molecule has 0 bridgehead atoms. The molecule has 37 heavy (non-hydrogen) atoms. The topological polar surface area (TPSA) is 52.3 Å². The van der Waals surface area contributed by atoms with Crippen LogP contribution in [0.3, 0.4) is 0 Å². The van der Waals surface area contributed by atoms with E-state index in [4.69, 9.17) is 55.6 Å². The van der Waals surface area contributed by atoms with E-state index in [-0.39, 0.29) is 43.7 Å². The van der Waals surface area contributed by atoms with E-state index in [1.165, 1.54) is 44.9 Å². The number of halogens is 4. The summed E-state index contributed by atoms with van der Waals surface area (Å²) in [6.45, 7) is 4.31. The van der Waals surface area contributed by atoms with Crippen molar-refractivity contribution >= 4 is 52.4 Å². The third-order valence-electron chi connectivity index (χ3n) is 6.25. The Labute approximate surface area is 239 Å². The predicted molar refractivity (Wildman–Crippen MR) is 154 cm³/mol. The zero-order valence-corrected chi connectivity index (χ0v) is 24.4. The van der Waals surface area contributed by atoms with Crippen molar-refractivity contribution in [3.63, 3.8) is 0 Å². The Morgan fingerprint density at radius 3 is 2.00 bits per heavy atom. The normalized spacial score (nSPS) is 11.2. The number of esters is 1. The van der Waals surface area contributed by atoms with Crippen molar-refractivity contribution in [3.05, 3.63) is 61.7 Å². The van der Waals surface area contributed by atoms with E-state index < -0.39 is 5.97 Å². The number of rotatable bonds is 14. The highest BCUT2D eigenvalue weighted by molar-refractivity contribution is 6.54. The summed E-state index contributed by atoms with van der Waals surface area (Å²) in [5.74, 6) is 0.0275. The number of ether oxygens (including phenoxy) is 1. The van der Waals surface area contributed by atoms with Crippen molar-refractivity contribution in [1.29, 1.82) is 0 Å². The first-order valence-corrected chi connectivity index (χ1v) is 14.4. The van der Waals surface area contributed by atoms with E-state index in [1.807, 2.05) is 37.3 Å². The molecule has 2 aromatic carbocycles. The van der Waals surface area contributed by atoms with Gasteiger partial charge in [-0.05, 0) is 13.3 Å². The van der Waals surface area contributed by atoms with Crippen LogP contribution < -0.4 is 0 Å². The Balaban J connectivity index is 1.69. The maximum atomic E-state index is 13.2. The summed E-state index contributed by atoms with van der Waals surface area (Å²) >= 11 is 25.7. The van der Waals surface area contributed by atoms with Gasteiger partial charge in [-0.25, -0.2) is 9.78 Å². The number of benzene rings is 2. The first-order valence-electron chi connectivity index (χ1n) is 12.9. The van der Waals surface area contributed by atoms with Gasteiger partial charge >= 0.3 is 5.97 Å². The average molecular weight is 585 g/mol. The van der Waals surface area contributed by atoms with Gasteiger partial charge in [0.15, 0.2) is 5.76 Å². The average Bonchev–Trinajstić information content (AvgIpc) is 3.29. The summed E-state index contributed by atoms with van der Waals surface area (Å²) in [5.41, 5.74) is 1.63. The van der Waals surface area contributed by atoms with Gasteiger partial charge in [-0.3, -0.25) is 0 Å². The van der Waals surface area contributed by atoms with Gasteiger partial charge in [-0.15, -0.1) is 0 Å². The number of hydrogen-bond donors (Lipinski definition) is 0. The zero-order valence-electron chi connectivity index (χ0n) is 21.3. The fraction of sp³-hybridized carbons (Fsp3) is 0.448. The Morgan fingerprint density at radius 1 is 0.811 bits per heavy atom. The molecule has 0 atom stereocenters. The molecule has 0 aliphatic heterocycles. The van der Waals surface area contributed by atoms with Crippen molar-refractivity contribution in [3.8, 4) is 22.8 Å². The van der Waals surface area contributed by atoms with Gasteiger partial charge < -0.3 is 9.15 Å². The molecule has 1 aromatic heterocycles. The predicted octanol–water partition coefficient (Wildman–Crippen LogP) is 11.0. The summed E-state index contributed by atoms with van der Waals surface area (Å²) in [6.07, 6.45) is 11.9. The second-order valence-electron chi connectivity index (χ2n) is 9.12. The summed E-state index contributed by atoms with van der Waals surface area (Å²) in [5, 5.41) is -0.0136. The second-order valence-corrected chi connectivity index (χ2v) is 10.6.